The number of furan rings is 1. The van der Waals surface area contributed by atoms with Crippen molar-refractivity contribution in [2.75, 3.05) is 19.6 Å². The van der Waals surface area contributed by atoms with Crippen LogP contribution in [0.5, 0.6) is 0 Å². The second kappa shape index (κ2) is 5.92. The van der Waals surface area contributed by atoms with E-state index in [1.165, 1.54) is 25.9 Å². The van der Waals surface area contributed by atoms with Crippen molar-refractivity contribution in [2.45, 2.75) is 24.9 Å². The summed E-state index contributed by atoms with van der Waals surface area (Å²) in [6.45, 7) is 3.42. The molecule has 1 atom stereocenters. The normalized spacial score (nSPS) is 33.1. The fourth-order valence-electron chi connectivity index (χ4n) is 4.23. The summed E-state index contributed by atoms with van der Waals surface area (Å²) in [5.41, 5.74) is 4.59. The molecule has 5 heterocycles. The van der Waals surface area contributed by atoms with Crippen molar-refractivity contribution in [3.63, 3.8) is 0 Å². The highest BCUT2D eigenvalue weighted by Gasteiger charge is 2.52. The number of halogens is 2. The molecule has 4 saturated heterocycles. The van der Waals surface area contributed by atoms with Crippen LogP contribution in [0, 0.1) is 5.92 Å². The minimum absolute atomic E-state index is 0. The SMILES string of the molecule is Cl.Clc1cc2ccc(N=C3C[C@@]4(CN5CCC4CC5)ON3)cc2o1. The summed E-state index contributed by atoms with van der Waals surface area (Å²) >= 11 is 5.90. The Morgan fingerprint density at radius 3 is 2.83 bits per heavy atom. The number of hydrogen-bond acceptors (Lipinski definition) is 4. The van der Waals surface area contributed by atoms with Gasteiger partial charge in [0.1, 0.15) is 17.0 Å². The van der Waals surface area contributed by atoms with Gasteiger partial charge in [0.25, 0.3) is 0 Å². The lowest BCUT2D eigenvalue weighted by Crippen LogP contribution is -2.59. The van der Waals surface area contributed by atoms with Crippen molar-refractivity contribution < 1.29 is 9.25 Å². The molecule has 1 aromatic carbocycles. The van der Waals surface area contributed by atoms with Crippen LogP contribution in [-0.2, 0) is 4.84 Å². The van der Waals surface area contributed by atoms with Gasteiger partial charge in [0.05, 0.1) is 5.69 Å². The first-order valence-electron chi connectivity index (χ1n) is 8.13. The van der Waals surface area contributed by atoms with Gasteiger partial charge in [-0.1, -0.05) is 0 Å². The van der Waals surface area contributed by atoms with E-state index < -0.39 is 0 Å². The molecule has 2 bridgehead atoms. The van der Waals surface area contributed by atoms with Gasteiger partial charge in [0.2, 0.25) is 0 Å². The van der Waals surface area contributed by atoms with Gasteiger partial charge >= 0.3 is 0 Å². The quantitative estimate of drug-likeness (QED) is 0.829. The number of aliphatic imine (C=N–C) groups is 1. The summed E-state index contributed by atoms with van der Waals surface area (Å²) in [7, 11) is 0. The van der Waals surface area contributed by atoms with Crippen LogP contribution >= 0.6 is 24.0 Å². The van der Waals surface area contributed by atoms with E-state index in [1.807, 2.05) is 24.3 Å². The van der Waals surface area contributed by atoms with E-state index in [1.54, 1.807) is 0 Å². The first kappa shape index (κ1) is 16.2. The van der Waals surface area contributed by atoms with E-state index in [0.29, 0.717) is 11.1 Å². The number of hydrogen-bond donors (Lipinski definition) is 1. The number of fused-ring (bicyclic) bond motifs is 3. The van der Waals surface area contributed by atoms with Gasteiger partial charge < -0.3 is 9.32 Å². The molecule has 24 heavy (non-hydrogen) atoms. The van der Waals surface area contributed by atoms with Crippen LogP contribution in [-0.4, -0.2) is 36.0 Å². The summed E-state index contributed by atoms with van der Waals surface area (Å²) in [5, 5.41) is 1.39. The number of benzene rings is 1. The van der Waals surface area contributed by atoms with Crippen molar-refractivity contribution in [1.29, 1.82) is 0 Å². The Morgan fingerprint density at radius 1 is 1.25 bits per heavy atom. The highest BCUT2D eigenvalue weighted by Crippen LogP contribution is 2.42. The smallest absolute Gasteiger partial charge is 0.194 e. The average molecular weight is 368 g/mol. The third-order valence-electron chi connectivity index (χ3n) is 5.40. The molecule has 0 radical (unpaired) electrons. The van der Waals surface area contributed by atoms with Crippen molar-refractivity contribution in [3.8, 4) is 0 Å². The average Bonchev–Trinajstić information content (AvgIpc) is 3.11. The number of piperidine rings is 3. The third kappa shape index (κ3) is 2.60. The van der Waals surface area contributed by atoms with Gasteiger partial charge in [0.15, 0.2) is 5.22 Å². The van der Waals surface area contributed by atoms with Gasteiger partial charge in [-0.05, 0) is 55.6 Å². The molecule has 128 valence electrons. The minimum Gasteiger partial charge on any atom is -0.445 e. The van der Waals surface area contributed by atoms with Crippen LogP contribution < -0.4 is 5.48 Å². The highest BCUT2D eigenvalue weighted by atomic mass is 35.5. The molecule has 6 rings (SSSR count). The molecule has 5 nitrogen and oxygen atoms in total. The Balaban J connectivity index is 0.00000146. The molecule has 0 amide bonds. The fraction of sp³-hybridized carbons (Fsp3) is 0.471. The Hall–Kier alpha value is -1.27. The van der Waals surface area contributed by atoms with Gasteiger partial charge in [-0.15, -0.1) is 12.4 Å². The minimum atomic E-state index is -0.0899. The highest BCUT2D eigenvalue weighted by molar-refractivity contribution is 6.29. The van der Waals surface area contributed by atoms with E-state index in [0.717, 1.165) is 35.5 Å². The number of rotatable bonds is 1. The topological polar surface area (TPSA) is 50.0 Å². The first-order valence-corrected chi connectivity index (χ1v) is 8.51. The summed E-state index contributed by atoms with van der Waals surface area (Å²) < 4.78 is 5.46. The Bertz CT molecular complexity index is 798. The second-order valence-electron chi connectivity index (χ2n) is 6.83. The maximum atomic E-state index is 6.02. The van der Waals surface area contributed by atoms with Crippen molar-refractivity contribution in [2.24, 2.45) is 10.9 Å². The van der Waals surface area contributed by atoms with E-state index >= 15 is 0 Å². The Morgan fingerprint density at radius 2 is 2.08 bits per heavy atom. The van der Waals surface area contributed by atoms with Gasteiger partial charge in [-0.25, -0.2) is 4.99 Å². The Labute approximate surface area is 151 Å². The molecule has 1 spiro atoms. The molecule has 4 aliphatic rings. The second-order valence-corrected chi connectivity index (χ2v) is 7.20. The zero-order valence-electron chi connectivity index (χ0n) is 13.1. The zero-order valence-corrected chi connectivity index (χ0v) is 14.7. The maximum absolute atomic E-state index is 6.02. The lowest BCUT2D eigenvalue weighted by molar-refractivity contribution is -0.150. The molecule has 4 aliphatic heterocycles. The van der Waals surface area contributed by atoms with Crippen LogP contribution in [0.2, 0.25) is 5.22 Å². The first-order chi connectivity index (χ1) is 11.2. The summed E-state index contributed by atoms with van der Waals surface area (Å²) in [6, 6.07) is 7.68. The van der Waals surface area contributed by atoms with Crippen LogP contribution in [0.25, 0.3) is 11.0 Å². The molecule has 1 N–H and O–H groups in total. The van der Waals surface area contributed by atoms with E-state index in [-0.39, 0.29) is 18.0 Å². The summed E-state index contributed by atoms with van der Waals surface area (Å²) in [4.78, 5) is 13.2. The monoisotopic (exact) mass is 367 g/mol. The van der Waals surface area contributed by atoms with Crippen LogP contribution in [0.3, 0.4) is 0 Å². The van der Waals surface area contributed by atoms with Crippen LogP contribution in [0.15, 0.2) is 33.7 Å². The Kier molecular flexibility index (Phi) is 4.00. The molecular weight excluding hydrogens is 349 g/mol. The van der Waals surface area contributed by atoms with Crippen LogP contribution in [0.1, 0.15) is 19.3 Å². The predicted octanol–water partition coefficient (Wildman–Crippen LogP) is 3.93. The van der Waals surface area contributed by atoms with E-state index in [4.69, 9.17) is 25.8 Å². The number of hydroxylamine groups is 1. The number of nitrogens with one attached hydrogen (secondary N) is 1. The summed E-state index contributed by atoms with van der Waals surface area (Å²) in [5.74, 6) is 1.54. The standard InChI is InChI=1S/C17H18ClN3O2.ClH/c18-15-7-11-1-2-13(8-14(11)22-15)19-16-9-17(23-20-16)10-21-5-3-12(17)4-6-21;/h1-2,7-8,12H,3-6,9-10H2,(H,19,20);1H/t17-;/m0./s1. The van der Waals surface area contributed by atoms with E-state index in [2.05, 4.69) is 10.4 Å². The molecule has 2 aromatic rings. The molecular formula is C17H19Cl2N3O2. The van der Waals surface area contributed by atoms with Gasteiger partial charge in [-0.2, -0.15) is 0 Å². The fourth-order valence-corrected chi connectivity index (χ4v) is 4.43. The van der Waals surface area contributed by atoms with Crippen molar-refractivity contribution in [3.05, 3.63) is 29.5 Å². The largest absolute Gasteiger partial charge is 0.445 e. The maximum Gasteiger partial charge on any atom is 0.194 e. The lowest BCUT2D eigenvalue weighted by Gasteiger charge is -2.49. The van der Waals surface area contributed by atoms with Crippen molar-refractivity contribution in [1.82, 2.24) is 10.4 Å². The molecule has 0 unspecified atom stereocenters. The molecule has 0 aliphatic carbocycles. The molecule has 4 fully saturated rings. The van der Waals surface area contributed by atoms with Crippen molar-refractivity contribution >= 4 is 46.5 Å². The molecule has 1 aromatic heterocycles. The summed E-state index contributed by atoms with van der Waals surface area (Å²) in [6.07, 6.45) is 3.31. The van der Waals surface area contributed by atoms with Crippen LogP contribution in [0.4, 0.5) is 5.69 Å². The lowest BCUT2D eigenvalue weighted by atomic mass is 9.74. The van der Waals surface area contributed by atoms with Gasteiger partial charge in [0, 0.05) is 30.5 Å². The third-order valence-corrected chi connectivity index (χ3v) is 5.59. The molecule has 7 heteroatoms. The zero-order chi connectivity index (χ0) is 15.4. The van der Waals surface area contributed by atoms with Gasteiger partial charge in [-0.3, -0.25) is 10.3 Å². The number of nitrogens with zero attached hydrogens (tertiary/aromatic N) is 2. The number of amidine groups is 1. The predicted molar refractivity (Wildman–Crippen MR) is 96.3 cm³/mol. The van der Waals surface area contributed by atoms with E-state index in [9.17, 15) is 0 Å². The molecule has 0 saturated carbocycles.